The second kappa shape index (κ2) is 5.65. The number of hydrogen-bond donors (Lipinski definition) is 1. The Bertz CT molecular complexity index is 652. The molecule has 0 radical (unpaired) electrons. The summed E-state index contributed by atoms with van der Waals surface area (Å²) < 4.78 is 0. The van der Waals surface area contributed by atoms with Crippen LogP contribution in [0.2, 0.25) is 0 Å². The van der Waals surface area contributed by atoms with Gasteiger partial charge in [0.2, 0.25) is 11.8 Å². The molecule has 1 aromatic carbocycles. The quantitative estimate of drug-likeness (QED) is 0.927. The first kappa shape index (κ1) is 14.9. The maximum Gasteiger partial charge on any atom is 0.248 e. The number of benzene rings is 1. The summed E-state index contributed by atoms with van der Waals surface area (Å²) in [7, 11) is 0. The van der Waals surface area contributed by atoms with Crippen LogP contribution in [0.15, 0.2) is 24.3 Å². The molecule has 2 heterocycles. The van der Waals surface area contributed by atoms with Gasteiger partial charge in [-0.2, -0.15) is 5.26 Å². The average molecular weight is 315 g/mol. The minimum atomic E-state index is -0.399. The van der Waals surface area contributed by atoms with E-state index in [0.29, 0.717) is 24.3 Å². The third-order valence-corrected chi connectivity index (χ3v) is 5.76. The molecule has 6 heteroatoms. The fourth-order valence-electron chi connectivity index (χ4n) is 3.04. The van der Waals surface area contributed by atoms with Crippen molar-refractivity contribution in [3.05, 3.63) is 29.8 Å². The first-order chi connectivity index (χ1) is 10.5. The van der Waals surface area contributed by atoms with Crippen molar-refractivity contribution in [2.45, 2.75) is 37.1 Å². The zero-order valence-corrected chi connectivity index (χ0v) is 13.2. The molecule has 2 aliphatic rings. The number of rotatable bonds is 3. The van der Waals surface area contributed by atoms with Crippen LogP contribution in [-0.4, -0.2) is 33.4 Å². The predicted octanol–water partition coefficient (Wildman–Crippen LogP) is 2.15. The predicted molar refractivity (Wildman–Crippen MR) is 85.1 cm³/mol. The van der Waals surface area contributed by atoms with E-state index in [1.807, 2.05) is 19.1 Å². The van der Waals surface area contributed by atoms with Gasteiger partial charge in [0.15, 0.2) is 0 Å². The van der Waals surface area contributed by atoms with Crippen LogP contribution >= 0.6 is 11.8 Å². The summed E-state index contributed by atoms with van der Waals surface area (Å²) in [5.41, 5.74) is 1.61. The molecule has 114 valence electrons. The Balaban J connectivity index is 1.70. The molecular formula is C16H17N3O2S. The van der Waals surface area contributed by atoms with Gasteiger partial charge in [0.05, 0.1) is 17.4 Å². The van der Waals surface area contributed by atoms with Crippen molar-refractivity contribution in [2.24, 2.45) is 0 Å². The van der Waals surface area contributed by atoms with Gasteiger partial charge >= 0.3 is 0 Å². The van der Waals surface area contributed by atoms with Crippen LogP contribution in [-0.2, 0) is 16.0 Å². The standard InChI is InChI=1S/C16H17N3O2S/c1-16-8-6-14(20)19(16)13(10-22-16)15(21)18-12-4-2-11(3-5-12)7-9-17/h2-5,13H,6-8,10H2,1H3,(H,18,21)/t13-,16-/m1/s1. The molecule has 1 N–H and O–H groups in total. The lowest BCUT2D eigenvalue weighted by Crippen LogP contribution is -2.48. The minimum absolute atomic E-state index is 0.0667. The summed E-state index contributed by atoms with van der Waals surface area (Å²) in [6.45, 7) is 2.03. The van der Waals surface area contributed by atoms with E-state index in [2.05, 4.69) is 11.4 Å². The first-order valence-electron chi connectivity index (χ1n) is 7.26. The van der Waals surface area contributed by atoms with E-state index in [0.717, 1.165) is 12.0 Å². The van der Waals surface area contributed by atoms with E-state index in [-0.39, 0.29) is 16.7 Å². The van der Waals surface area contributed by atoms with E-state index in [9.17, 15) is 9.59 Å². The summed E-state index contributed by atoms with van der Waals surface area (Å²) in [4.78, 5) is 26.1. The Morgan fingerprint density at radius 2 is 2.23 bits per heavy atom. The number of carbonyl (C=O) groups excluding carboxylic acids is 2. The summed E-state index contributed by atoms with van der Waals surface area (Å²) in [6, 6.07) is 8.92. The number of nitriles is 1. The van der Waals surface area contributed by atoms with Crippen LogP contribution in [0.3, 0.4) is 0 Å². The lowest BCUT2D eigenvalue weighted by molar-refractivity contribution is -0.135. The van der Waals surface area contributed by atoms with Gasteiger partial charge in [-0.15, -0.1) is 11.8 Å². The molecule has 22 heavy (non-hydrogen) atoms. The van der Waals surface area contributed by atoms with E-state index in [4.69, 9.17) is 5.26 Å². The highest BCUT2D eigenvalue weighted by molar-refractivity contribution is 8.01. The summed E-state index contributed by atoms with van der Waals surface area (Å²) in [5, 5.41) is 11.5. The third-order valence-electron chi connectivity index (χ3n) is 4.25. The number of nitrogens with zero attached hydrogens (tertiary/aromatic N) is 2. The number of amides is 2. The summed E-state index contributed by atoms with van der Waals surface area (Å²) in [5.74, 6) is 0.567. The monoisotopic (exact) mass is 315 g/mol. The molecule has 2 atom stereocenters. The number of fused-ring (bicyclic) bond motifs is 1. The summed E-state index contributed by atoms with van der Waals surface area (Å²) in [6.07, 6.45) is 1.69. The minimum Gasteiger partial charge on any atom is -0.324 e. The fraction of sp³-hybridized carbons (Fsp3) is 0.438. The number of nitrogens with one attached hydrogen (secondary N) is 1. The molecule has 0 aromatic heterocycles. The second-order valence-corrected chi connectivity index (χ2v) is 7.29. The van der Waals surface area contributed by atoms with Crippen molar-refractivity contribution < 1.29 is 9.59 Å². The molecule has 2 saturated heterocycles. The Morgan fingerprint density at radius 1 is 1.50 bits per heavy atom. The van der Waals surface area contributed by atoms with Gasteiger partial charge in [0.1, 0.15) is 6.04 Å². The Morgan fingerprint density at radius 3 is 2.91 bits per heavy atom. The molecule has 2 fully saturated rings. The highest BCUT2D eigenvalue weighted by atomic mass is 32.2. The first-order valence-corrected chi connectivity index (χ1v) is 8.25. The number of carbonyl (C=O) groups is 2. The lowest BCUT2D eigenvalue weighted by atomic mass is 10.1. The van der Waals surface area contributed by atoms with Crippen LogP contribution in [0.4, 0.5) is 5.69 Å². The van der Waals surface area contributed by atoms with Gasteiger partial charge in [0.25, 0.3) is 0 Å². The molecule has 1 aromatic rings. The largest absolute Gasteiger partial charge is 0.324 e. The van der Waals surface area contributed by atoms with Gasteiger partial charge in [-0.1, -0.05) is 12.1 Å². The number of anilines is 1. The maximum absolute atomic E-state index is 12.5. The molecule has 2 amide bonds. The van der Waals surface area contributed by atoms with E-state index < -0.39 is 6.04 Å². The molecule has 2 aliphatic heterocycles. The molecule has 0 spiro atoms. The van der Waals surface area contributed by atoms with Gasteiger partial charge in [0, 0.05) is 17.9 Å². The van der Waals surface area contributed by atoms with E-state index in [1.165, 1.54) is 0 Å². The van der Waals surface area contributed by atoms with Crippen LogP contribution < -0.4 is 5.32 Å². The van der Waals surface area contributed by atoms with E-state index >= 15 is 0 Å². The van der Waals surface area contributed by atoms with Crippen molar-refractivity contribution in [2.75, 3.05) is 11.1 Å². The molecule has 0 saturated carbocycles. The molecule has 0 aliphatic carbocycles. The van der Waals surface area contributed by atoms with Gasteiger partial charge in [-0.3, -0.25) is 9.59 Å². The SMILES string of the molecule is C[C@@]12CCC(=O)N1[C@@H](C(=O)Nc1ccc(CC#N)cc1)CS2. The Hall–Kier alpha value is -2.00. The topological polar surface area (TPSA) is 73.2 Å². The Kier molecular flexibility index (Phi) is 3.83. The van der Waals surface area contributed by atoms with Gasteiger partial charge in [-0.05, 0) is 31.0 Å². The Labute approximate surface area is 133 Å². The van der Waals surface area contributed by atoms with Crippen molar-refractivity contribution in [1.82, 2.24) is 4.90 Å². The molecule has 0 bridgehead atoms. The second-order valence-electron chi connectivity index (χ2n) is 5.79. The van der Waals surface area contributed by atoms with Crippen molar-refractivity contribution >= 4 is 29.3 Å². The average Bonchev–Trinajstić information content (AvgIpc) is 2.98. The zero-order valence-electron chi connectivity index (χ0n) is 12.3. The van der Waals surface area contributed by atoms with Crippen LogP contribution in [0.1, 0.15) is 25.3 Å². The highest BCUT2D eigenvalue weighted by Gasteiger charge is 2.52. The van der Waals surface area contributed by atoms with Gasteiger partial charge < -0.3 is 10.2 Å². The van der Waals surface area contributed by atoms with Crippen LogP contribution in [0.5, 0.6) is 0 Å². The smallest absolute Gasteiger partial charge is 0.248 e. The normalized spacial score (nSPS) is 26.6. The molecule has 3 rings (SSSR count). The highest BCUT2D eigenvalue weighted by Crippen LogP contribution is 2.47. The number of thioether (sulfide) groups is 1. The van der Waals surface area contributed by atoms with Gasteiger partial charge in [-0.25, -0.2) is 0 Å². The summed E-state index contributed by atoms with van der Waals surface area (Å²) >= 11 is 1.68. The zero-order chi connectivity index (χ0) is 15.7. The van der Waals surface area contributed by atoms with Crippen LogP contribution in [0.25, 0.3) is 0 Å². The van der Waals surface area contributed by atoms with Crippen molar-refractivity contribution in [3.8, 4) is 6.07 Å². The maximum atomic E-state index is 12.5. The number of hydrogen-bond acceptors (Lipinski definition) is 4. The lowest BCUT2D eigenvalue weighted by Gasteiger charge is -2.29. The third kappa shape index (κ3) is 2.57. The molecule has 0 unspecified atom stereocenters. The van der Waals surface area contributed by atoms with Crippen LogP contribution in [0, 0.1) is 11.3 Å². The molecular weight excluding hydrogens is 298 g/mol. The molecule has 5 nitrogen and oxygen atoms in total. The fourth-order valence-corrected chi connectivity index (χ4v) is 4.47. The van der Waals surface area contributed by atoms with Crippen molar-refractivity contribution in [3.63, 3.8) is 0 Å². The van der Waals surface area contributed by atoms with E-state index in [1.54, 1.807) is 28.8 Å². The van der Waals surface area contributed by atoms with Crippen molar-refractivity contribution in [1.29, 1.82) is 5.26 Å².